The monoisotopic (exact) mass is 255 g/mol. The quantitative estimate of drug-likeness (QED) is 0.807. The Morgan fingerprint density at radius 2 is 2.28 bits per heavy atom. The number of carbonyl (C=O) groups excluding carboxylic acids is 1. The third kappa shape index (κ3) is 5.14. The summed E-state index contributed by atoms with van der Waals surface area (Å²) in [6.45, 7) is 2.33. The molecule has 1 amide bonds. The summed E-state index contributed by atoms with van der Waals surface area (Å²) in [4.78, 5) is 11.2. The maximum absolute atomic E-state index is 13.0. The van der Waals surface area contributed by atoms with Gasteiger partial charge < -0.3 is 14.8 Å². The minimum Gasteiger partial charge on any atom is -0.489 e. The van der Waals surface area contributed by atoms with E-state index in [1.165, 1.54) is 19.2 Å². The summed E-state index contributed by atoms with van der Waals surface area (Å²) in [5.74, 6) is -0.0765. The van der Waals surface area contributed by atoms with Crippen molar-refractivity contribution in [2.24, 2.45) is 0 Å². The van der Waals surface area contributed by atoms with Crippen molar-refractivity contribution in [2.45, 2.75) is 19.4 Å². The van der Waals surface area contributed by atoms with Gasteiger partial charge in [0, 0.05) is 13.2 Å². The highest BCUT2D eigenvalue weighted by molar-refractivity contribution is 5.77. The Morgan fingerprint density at radius 1 is 1.50 bits per heavy atom. The summed E-state index contributed by atoms with van der Waals surface area (Å²) >= 11 is 0. The van der Waals surface area contributed by atoms with E-state index in [0.717, 1.165) is 0 Å². The molecule has 18 heavy (non-hydrogen) atoms. The first-order valence-corrected chi connectivity index (χ1v) is 5.83. The summed E-state index contributed by atoms with van der Waals surface area (Å²) < 4.78 is 23.2. The van der Waals surface area contributed by atoms with Crippen LogP contribution < -0.4 is 10.1 Å². The molecule has 0 unspecified atom stereocenters. The molecule has 1 aromatic rings. The number of methoxy groups -OCH3 is 1. The summed E-state index contributed by atoms with van der Waals surface area (Å²) in [6, 6.07) is 5.94. The normalized spacial score (nSPS) is 11.9. The standard InChI is InChI=1S/C13H18FNO3/c1-3-11(8-15-13(16)9-17-2)18-12-6-4-5-10(14)7-12/h4-7,11H,3,8-9H2,1-2H3,(H,15,16)/t11-/m0/s1. The molecule has 0 aliphatic heterocycles. The number of benzene rings is 1. The lowest BCUT2D eigenvalue weighted by atomic mass is 10.2. The Hall–Kier alpha value is -1.62. The van der Waals surface area contributed by atoms with Crippen molar-refractivity contribution in [3.8, 4) is 5.75 Å². The Morgan fingerprint density at radius 3 is 2.89 bits per heavy atom. The average molecular weight is 255 g/mol. The number of amides is 1. The molecule has 0 spiro atoms. The van der Waals surface area contributed by atoms with Crippen LogP contribution in [0.15, 0.2) is 24.3 Å². The maximum atomic E-state index is 13.0. The van der Waals surface area contributed by atoms with E-state index < -0.39 is 0 Å². The SMILES string of the molecule is CC[C@@H](CNC(=O)COC)Oc1cccc(F)c1. The second-order valence-corrected chi connectivity index (χ2v) is 3.84. The molecule has 1 aromatic carbocycles. The van der Waals surface area contributed by atoms with E-state index in [4.69, 9.17) is 9.47 Å². The highest BCUT2D eigenvalue weighted by atomic mass is 19.1. The van der Waals surface area contributed by atoms with E-state index in [9.17, 15) is 9.18 Å². The number of rotatable bonds is 7. The van der Waals surface area contributed by atoms with Crippen LogP contribution >= 0.6 is 0 Å². The first-order chi connectivity index (χ1) is 8.65. The number of carbonyl (C=O) groups is 1. The number of nitrogens with one attached hydrogen (secondary N) is 1. The summed E-state index contributed by atoms with van der Waals surface area (Å²) in [6.07, 6.45) is 0.525. The van der Waals surface area contributed by atoms with Gasteiger partial charge in [0.25, 0.3) is 0 Å². The van der Waals surface area contributed by atoms with Gasteiger partial charge in [0.2, 0.25) is 5.91 Å². The maximum Gasteiger partial charge on any atom is 0.246 e. The van der Waals surface area contributed by atoms with Crippen molar-refractivity contribution in [3.05, 3.63) is 30.1 Å². The number of hydrogen-bond donors (Lipinski definition) is 1. The molecule has 5 heteroatoms. The minimum atomic E-state index is -0.342. The van der Waals surface area contributed by atoms with Crippen LogP contribution in [0, 0.1) is 5.82 Å². The minimum absolute atomic E-state index is 0.0242. The van der Waals surface area contributed by atoms with Gasteiger partial charge in [0.15, 0.2) is 0 Å². The Balaban J connectivity index is 2.44. The van der Waals surface area contributed by atoms with Crippen molar-refractivity contribution >= 4 is 5.91 Å². The molecular formula is C13H18FNO3. The van der Waals surface area contributed by atoms with Crippen LogP contribution in [0.4, 0.5) is 4.39 Å². The molecule has 0 aromatic heterocycles. The fraction of sp³-hybridized carbons (Fsp3) is 0.462. The van der Waals surface area contributed by atoms with E-state index >= 15 is 0 Å². The highest BCUT2D eigenvalue weighted by Crippen LogP contribution is 2.14. The molecule has 0 radical (unpaired) electrons. The lowest BCUT2D eigenvalue weighted by Crippen LogP contribution is -2.36. The third-order valence-corrected chi connectivity index (χ3v) is 2.36. The van der Waals surface area contributed by atoms with Crippen LogP contribution in [0.3, 0.4) is 0 Å². The van der Waals surface area contributed by atoms with Crippen LogP contribution in [-0.4, -0.2) is 32.3 Å². The van der Waals surface area contributed by atoms with Crippen LogP contribution in [0.5, 0.6) is 5.75 Å². The Labute approximate surface area is 106 Å². The summed E-state index contributed by atoms with van der Waals surface area (Å²) in [7, 11) is 1.46. The van der Waals surface area contributed by atoms with Crippen molar-refractivity contribution in [2.75, 3.05) is 20.3 Å². The van der Waals surface area contributed by atoms with E-state index in [0.29, 0.717) is 18.7 Å². The summed E-state index contributed by atoms with van der Waals surface area (Å²) in [5.41, 5.74) is 0. The van der Waals surface area contributed by atoms with E-state index in [2.05, 4.69) is 5.32 Å². The lowest BCUT2D eigenvalue weighted by molar-refractivity contribution is -0.125. The zero-order chi connectivity index (χ0) is 13.4. The van der Waals surface area contributed by atoms with Crippen molar-refractivity contribution < 1.29 is 18.7 Å². The fourth-order valence-electron chi connectivity index (χ4n) is 1.41. The second kappa shape index (κ2) is 7.66. The number of hydrogen-bond acceptors (Lipinski definition) is 3. The van der Waals surface area contributed by atoms with Gasteiger partial charge in [-0.3, -0.25) is 4.79 Å². The fourth-order valence-corrected chi connectivity index (χ4v) is 1.41. The molecule has 1 N–H and O–H groups in total. The second-order valence-electron chi connectivity index (χ2n) is 3.84. The van der Waals surface area contributed by atoms with Gasteiger partial charge in [-0.25, -0.2) is 4.39 Å². The van der Waals surface area contributed by atoms with Crippen molar-refractivity contribution in [1.29, 1.82) is 0 Å². The third-order valence-electron chi connectivity index (χ3n) is 2.36. The number of ether oxygens (including phenoxy) is 2. The first-order valence-electron chi connectivity index (χ1n) is 5.83. The molecule has 0 aliphatic carbocycles. The molecule has 0 saturated heterocycles. The molecule has 1 atom stereocenters. The molecule has 0 saturated carbocycles. The van der Waals surface area contributed by atoms with Crippen molar-refractivity contribution in [1.82, 2.24) is 5.32 Å². The Bertz CT molecular complexity index is 384. The molecule has 100 valence electrons. The molecule has 0 bridgehead atoms. The molecule has 0 aliphatic rings. The molecule has 1 rings (SSSR count). The first kappa shape index (κ1) is 14.4. The van der Waals surface area contributed by atoms with E-state index in [-0.39, 0.29) is 24.4 Å². The highest BCUT2D eigenvalue weighted by Gasteiger charge is 2.10. The number of halogens is 1. The van der Waals surface area contributed by atoms with Gasteiger partial charge >= 0.3 is 0 Å². The van der Waals surface area contributed by atoms with Gasteiger partial charge in [0.1, 0.15) is 24.3 Å². The van der Waals surface area contributed by atoms with E-state index in [1.807, 2.05) is 6.92 Å². The zero-order valence-electron chi connectivity index (χ0n) is 10.6. The molecule has 0 fully saturated rings. The molecule has 0 heterocycles. The van der Waals surface area contributed by atoms with Gasteiger partial charge in [-0.2, -0.15) is 0 Å². The van der Waals surface area contributed by atoms with E-state index in [1.54, 1.807) is 12.1 Å². The van der Waals surface area contributed by atoms with Gasteiger partial charge in [-0.15, -0.1) is 0 Å². The summed E-state index contributed by atoms with van der Waals surface area (Å²) in [5, 5.41) is 2.69. The largest absolute Gasteiger partial charge is 0.489 e. The zero-order valence-corrected chi connectivity index (χ0v) is 10.6. The lowest BCUT2D eigenvalue weighted by Gasteiger charge is -2.18. The van der Waals surface area contributed by atoms with Crippen LogP contribution in [0.25, 0.3) is 0 Å². The topological polar surface area (TPSA) is 47.6 Å². The van der Waals surface area contributed by atoms with Crippen LogP contribution in [0.2, 0.25) is 0 Å². The Kier molecular flexibility index (Phi) is 6.14. The van der Waals surface area contributed by atoms with Crippen molar-refractivity contribution in [3.63, 3.8) is 0 Å². The molecular weight excluding hydrogens is 237 g/mol. The average Bonchev–Trinajstić information content (AvgIpc) is 2.35. The predicted octanol–water partition coefficient (Wildman–Crippen LogP) is 1.75. The van der Waals surface area contributed by atoms with Crippen LogP contribution in [0.1, 0.15) is 13.3 Å². The molecule has 4 nitrogen and oxygen atoms in total. The smallest absolute Gasteiger partial charge is 0.246 e. The van der Waals surface area contributed by atoms with Gasteiger partial charge in [-0.1, -0.05) is 13.0 Å². The van der Waals surface area contributed by atoms with Crippen LogP contribution in [-0.2, 0) is 9.53 Å². The van der Waals surface area contributed by atoms with Gasteiger partial charge in [-0.05, 0) is 18.6 Å². The van der Waals surface area contributed by atoms with Gasteiger partial charge in [0.05, 0.1) is 6.54 Å². The predicted molar refractivity (Wildman–Crippen MR) is 66.0 cm³/mol.